The van der Waals surface area contributed by atoms with E-state index in [0.717, 1.165) is 5.56 Å². The number of piperazine rings is 1. The van der Waals surface area contributed by atoms with Crippen molar-refractivity contribution in [1.82, 2.24) is 10.6 Å². The Morgan fingerprint density at radius 1 is 1.20 bits per heavy atom. The van der Waals surface area contributed by atoms with Crippen LogP contribution in [-0.4, -0.2) is 18.4 Å². The number of benzene rings is 1. The van der Waals surface area contributed by atoms with Crippen LogP contribution >= 0.6 is 0 Å². The molecule has 1 saturated heterocycles. The van der Waals surface area contributed by atoms with Gasteiger partial charge in [-0.05, 0) is 12.5 Å². The van der Waals surface area contributed by atoms with Gasteiger partial charge in [-0.3, -0.25) is 9.59 Å². The van der Waals surface area contributed by atoms with Crippen molar-refractivity contribution in [2.45, 2.75) is 12.5 Å². The van der Waals surface area contributed by atoms with E-state index in [-0.39, 0.29) is 18.4 Å². The standard InChI is InChI=1S/C11H12N2O2/c1-11(8-5-3-2-4-6-8)10(15)12-7-9(14)13-11/h2-6H,7H2,1H3,(H,12,15)(H,13,14). The lowest BCUT2D eigenvalue weighted by atomic mass is 9.89. The molecule has 0 aromatic heterocycles. The summed E-state index contributed by atoms with van der Waals surface area (Å²) in [4.78, 5) is 23.0. The molecule has 1 fully saturated rings. The van der Waals surface area contributed by atoms with Gasteiger partial charge in [0, 0.05) is 0 Å². The van der Waals surface area contributed by atoms with Crippen LogP contribution in [0.15, 0.2) is 30.3 Å². The molecule has 78 valence electrons. The van der Waals surface area contributed by atoms with Crippen molar-refractivity contribution in [3.05, 3.63) is 35.9 Å². The molecule has 1 aliphatic heterocycles. The number of hydrogen-bond acceptors (Lipinski definition) is 2. The quantitative estimate of drug-likeness (QED) is 0.684. The Bertz CT molecular complexity index is 402. The average Bonchev–Trinajstić information content (AvgIpc) is 2.25. The normalized spacial score (nSPS) is 25.7. The van der Waals surface area contributed by atoms with Crippen LogP contribution in [0.2, 0.25) is 0 Å². The van der Waals surface area contributed by atoms with Gasteiger partial charge in [0.15, 0.2) is 0 Å². The fraction of sp³-hybridized carbons (Fsp3) is 0.273. The largest absolute Gasteiger partial charge is 0.345 e. The summed E-state index contributed by atoms with van der Waals surface area (Å²) in [6.07, 6.45) is 0. The van der Waals surface area contributed by atoms with E-state index in [9.17, 15) is 9.59 Å². The van der Waals surface area contributed by atoms with Crippen LogP contribution in [0, 0.1) is 0 Å². The monoisotopic (exact) mass is 204 g/mol. The lowest BCUT2D eigenvalue weighted by molar-refractivity contribution is -0.138. The van der Waals surface area contributed by atoms with Crippen molar-refractivity contribution in [1.29, 1.82) is 0 Å². The van der Waals surface area contributed by atoms with Gasteiger partial charge in [0.25, 0.3) is 5.91 Å². The fourth-order valence-corrected chi connectivity index (χ4v) is 1.69. The first-order valence-corrected chi connectivity index (χ1v) is 4.78. The summed E-state index contributed by atoms with van der Waals surface area (Å²) < 4.78 is 0. The summed E-state index contributed by atoms with van der Waals surface area (Å²) in [5.74, 6) is -0.339. The minimum Gasteiger partial charge on any atom is -0.345 e. The van der Waals surface area contributed by atoms with E-state index in [1.54, 1.807) is 6.92 Å². The zero-order valence-electron chi connectivity index (χ0n) is 8.41. The van der Waals surface area contributed by atoms with Gasteiger partial charge in [-0.2, -0.15) is 0 Å². The topological polar surface area (TPSA) is 58.2 Å². The third kappa shape index (κ3) is 1.58. The minimum atomic E-state index is -0.948. The van der Waals surface area contributed by atoms with Crippen LogP contribution in [-0.2, 0) is 15.1 Å². The van der Waals surface area contributed by atoms with Crippen molar-refractivity contribution in [2.24, 2.45) is 0 Å². The summed E-state index contributed by atoms with van der Waals surface area (Å²) in [5.41, 5.74) is -0.160. The molecule has 0 radical (unpaired) electrons. The van der Waals surface area contributed by atoms with Crippen LogP contribution in [0.1, 0.15) is 12.5 Å². The van der Waals surface area contributed by atoms with E-state index in [0.29, 0.717) is 0 Å². The molecule has 1 atom stereocenters. The summed E-state index contributed by atoms with van der Waals surface area (Å²) in [7, 11) is 0. The molecule has 2 N–H and O–H groups in total. The minimum absolute atomic E-state index is 0.0568. The molecule has 15 heavy (non-hydrogen) atoms. The summed E-state index contributed by atoms with van der Waals surface area (Å²) in [5, 5.41) is 5.28. The first kappa shape index (κ1) is 9.71. The number of carbonyl (C=O) groups excluding carboxylic acids is 2. The van der Waals surface area contributed by atoms with E-state index in [2.05, 4.69) is 10.6 Å². The van der Waals surface area contributed by atoms with Gasteiger partial charge in [0.2, 0.25) is 5.91 Å². The number of hydrogen-bond donors (Lipinski definition) is 2. The van der Waals surface area contributed by atoms with Crippen molar-refractivity contribution < 1.29 is 9.59 Å². The zero-order chi connectivity index (χ0) is 10.9. The molecule has 0 saturated carbocycles. The SMILES string of the molecule is CC1(c2ccccc2)NC(=O)CNC1=O. The first-order valence-electron chi connectivity index (χ1n) is 4.78. The predicted molar refractivity (Wildman–Crippen MR) is 54.9 cm³/mol. The molecule has 2 amide bonds. The second-order valence-electron chi connectivity index (χ2n) is 3.72. The molecule has 1 aromatic carbocycles. The molecule has 1 heterocycles. The van der Waals surface area contributed by atoms with E-state index in [1.807, 2.05) is 30.3 Å². The third-order valence-corrected chi connectivity index (χ3v) is 2.60. The Labute approximate surface area is 87.7 Å². The molecule has 1 unspecified atom stereocenters. The van der Waals surface area contributed by atoms with Gasteiger partial charge in [-0.15, -0.1) is 0 Å². The number of rotatable bonds is 1. The van der Waals surface area contributed by atoms with Crippen molar-refractivity contribution in [2.75, 3.05) is 6.54 Å². The Kier molecular flexibility index (Phi) is 2.19. The summed E-state index contributed by atoms with van der Waals surface area (Å²) in [6.45, 7) is 1.76. The molecule has 0 bridgehead atoms. The van der Waals surface area contributed by atoms with Crippen LogP contribution in [0.25, 0.3) is 0 Å². The maximum Gasteiger partial charge on any atom is 0.250 e. The van der Waals surface area contributed by atoms with Gasteiger partial charge in [0.1, 0.15) is 5.54 Å². The average molecular weight is 204 g/mol. The van der Waals surface area contributed by atoms with E-state index >= 15 is 0 Å². The van der Waals surface area contributed by atoms with Crippen LogP contribution in [0.5, 0.6) is 0 Å². The highest BCUT2D eigenvalue weighted by Crippen LogP contribution is 2.22. The molecule has 1 aromatic rings. The number of nitrogens with one attached hydrogen (secondary N) is 2. The van der Waals surface area contributed by atoms with Gasteiger partial charge < -0.3 is 10.6 Å². The second kappa shape index (κ2) is 3.38. The molecule has 4 heteroatoms. The van der Waals surface area contributed by atoms with Gasteiger partial charge >= 0.3 is 0 Å². The smallest absolute Gasteiger partial charge is 0.250 e. The van der Waals surface area contributed by atoms with Gasteiger partial charge in [-0.25, -0.2) is 0 Å². The summed E-state index contributed by atoms with van der Waals surface area (Å²) >= 11 is 0. The molecular weight excluding hydrogens is 192 g/mol. The van der Waals surface area contributed by atoms with Crippen molar-refractivity contribution in [3.8, 4) is 0 Å². The molecule has 0 aliphatic carbocycles. The maximum atomic E-state index is 11.7. The van der Waals surface area contributed by atoms with E-state index in [1.165, 1.54) is 0 Å². The lowest BCUT2D eigenvalue weighted by Crippen LogP contribution is -2.61. The lowest BCUT2D eigenvalue weighted by Gasteiger charge is -2.33. The second-order valence-corrected chi connectivity index (χ2v) is 3.72. The highest BCUT2D eigenvalue weighted by molar-refractivity contribution is 5.98. The Hall–Kier alpha value is -1.84. The first-order chi connectivity index (χ1) is 7.13. The van der Waals surface area contributed by atoms with E-state index < -0.39 is 5.54 Å². The zero-order valence-corrected chi connectivity index (χ0v) is 8.41. The van der Waals surface area contributed by atoms with Crippen LogP contribution in [0.3, 0.4) is 0 Å². The van der Waals surface area contributed by atoms with Crippen molar-refractivity contribution in [3.63, 3.8) is 0 Å². The highest BCUT2D eigenvalue weighted by atomic mass is 16.2. The fourth-order valence-electron chi connectivity index (χ4n) is 1.69. The molecule has 1 aliphatic rings. The molecule has 0 spiro atoms. The maximum absolute atomic E-state index is 11.7. The third-order valence-electron chi connectivity index (χ3n) is 2.60. The van der Waals surface area contributed by atoms with Crippen molar-refractivity contribution >= 4 is 11.8 Å². The molecular formula is C11H12N2O2. The Balaban J connectivity index is 2.40. The van der Waals surface area contributed by atoms with Crippen LogP contribution < -0.4 is 10.6 Å². The Morgan fingerprint density at radius 2 is 1.87 bits per heavy atom. The number of carbonyl (C=O) groups is 2. The summed E-state index contributed by atoms with van der Waals surface area (Å²) in [6, 6.07) is 9.20. The Morgan fingerprint density at radius 3 is 2.53 bits per heavy atom. The van der Waals surface area contributed by atoms with E-state index in [4.69, 9.17) is 0 Å². The highest BCUT2D eigenvalue weighted by Gasteiger charge is 2.39. The van der Waals surface area contributed by atoms with Crippen LogP contribution in [0.4, 0.5) is 0 Å². The molecule has 2 rings (SSSR count). The molecule has 4 nitrogen and oxygen atoms in total. The predicted octanol–water partition coefficient (Wildman–Crippen LogP) is 0.148. The number of amides is 2. The van der Waals surface area contributed by atoms with Gasteiger partial charge in [0.05, 0.1) is 6.54 Å². The van der Waals surface area contributed by atoms with Gasteiger partial charge in [-0.1, -0.05) is 30.3 Å².